The number of nitrogens with zero attached hydrogens (tertiary/aromatic N) is 2. The number of nitrogens with one attached hydrogen (secondary N) is 1. The van der Waals surface area contributed by atoms with E-state index in [1.165, 1.54) is 62.9 Å². The molecule has 0 radical (unpaired) electrons. The lowest BCUT2D eigenvalue weighted by molar-refractivity contribution is 0.158. The van der Waals surface area contributed by atoms with Crippen molar-refractivity contribution in [3.8, 4) is 0 Å². The maximum atomic E-state index is 5.64. The van der Waals surface area contributed by atoms with Crippen LogP contribution in [0.25, 0.3) is 0 Å². The molecular weight excluding hydrogens is 386 g/mol. The molecule has 0 unspecified atom stereocenters. The van der Waals surface area contributed by atoms with Crippen molar-refractivity contribution in [2.45, 2.75) is 44.6 Å². The summed E-state index contributed by atoms with van der Waals surface area (Å²) in [6.07, 6.45) is 7.48. The fraction of sp³-hybridized carbons (Fsp3) is 0.500. The Bertz CT molecular complexity index is 771. The third-order valence-electron chi connectivity index (χ3n) is 6.70. The van der Waals surface area contributed by atoms with E-state index in [-0.39, 0.29) is 0 Å². The number of likely N-dealkylation sites (tertiary alicyclic amines) is 1. The van der Waals surface area contributed by atoms with Crippen molar-refractivity contribution in [3.05, 3.63) is 71.8 Å². The smallest absolute Gasteiger partial charge is 0.169 e. The topological polar surface area (TPSA) is 18.5 Å². The molecule has 0 saturated carbocycles. The Morgan fingerprint density at radius 1 is 0.867 bits per heavy atom. The molecule has 0 aromatic heterocycles. The highest BCUT2D eigenvalue weighted by Crippen LogP contribution is 2.23. The Morgan fingerprint density at radius 3 is 2.23 bits per heavy atom. The van der Waals surface area contributed by atoms with Crippen LogP contribution in [0.5, 0.6) is 0 Å². The van der Waals surface area contributed by atoms with Gasteiger partial charge in [0.15, 0.2) is 5.11 Å². The van der Waals surface area contributed by atoms with Gasteiger partial charge in [-0.05, 0) is 87.4 Å². The van der Waals surface area contributed by atoms with E-state index in [4.69, 9.17) is 12.2 Å². The highest BCUT2D eigenvalue weighted by Gasteiger charge is 2.31. The minimum atomic E-state index is 0.496. The number of rotatable bonds is 9. The zero-order valence-electron chi connectivity index (χ0n) is 18.0. The minimum absolute atomic E-state index is 0.496. The van der Waals surface area contributed by atoms with Gasteiger partial charge in [-0.1, -0.05) is 60.7 Å². The molecule has 2 saturated heterocycles. The van der Waals surface area contributed by atoms with Crippen LogP contribution in [0.15, 0.2) is 60.7 Å². The summed E-state index contributed by atoms with van der Waals surface area (Å²) in [4.78, 5) is 5.14. The predicted octanol–water partition coefficient (Wildman–Crippen LogP) is 4.52. The van der Waals surface area contributed by atoms with Crippen molar-refractivity contribution in [2.75, 3.05) is 32.7 Å². The molecule has 30 heavy (non-hydrogen) atoms. The first-order chi connectivity index (χ1) is 14.8. The molecule has 2 aliphatic rings. The maximum Gasteiger partial charge on any atom is 0.169 e. The molecule has 2 aromatic carbocycles. The van der Waals surface area contributed by atoms with Crippen LogP contribution in [0.3, 0.4) is 0 Å². The Labute approximate surface area is 187 Å². The average molecular weight is 422 g/mol. The first kappa shape index (κ1) is 21.3. The Hall–Kier alpha value is -1.91. The Balaban J connectivity index is 1.17. The first-order valence-electron chi connectivity index (χ1n) is 11.6. The molecule has 1 atom stereocenters. The molecule has 0 aliphatic carbocycles. The fourth-order valence-corrected chi connectivity index (χ4v) is 5.17. The second-order valence-electron chi connectivity index (χ2n) is 8.91. The van der Waals surface area contributed by atoms with Crippen molar-refractivity contribution in [1.82, 2.24) is 15.1 Å². The molecule has 1 N–H and O–H groups in total. The first-order valence-corrected chi connectivity index (χ1v) is 12.0. The van der Waals surface area contributed by atoms with Crippen molar-refractivity contribution in [3.63, 3.8) is 0 Å². The van der Waals surface area contributed by atoms with Crippen LogP contribution < -0.4 is 5.32 Å². The normalized spacial score (nSPS) is 20.5. The van der Waals surface area contributed by atoms with Crippen molar-refractivity contribution < 1.29 is 0 Å². The lowest BCUT2D eigenvalue weighted by atomic mass is 9.95. The Kier molecular flexibility index (Phi) is 7.76. The van der Waals surface area contributed by atoms with Gasteiger partial charge in [-0.2, -0.15) is 0 Å². The van der Waals surface area contributed by atoms with E-state index in [1.807, 2.05) is 0 Å². The van der Waals surface area contributed by atoms with Gasteiger partial charge in [0.1, 0.15) is 0 Å². The van der Waals surface area contributed by atoms with Gasteiger partial charge in [0.25, 0.3) is 0 Å². The standard InChI is InChI=1S/C26H35N3S/c30-26-27-20-25(19-23-12-5-2-6-13-23)29(26)21-24-14-17-28(18-15-24)16-8-7-11-22-9-3-1-4-10-22/h1-6,9-10,12-13,24-25H,7-8,11,14-21H2,(H,27,30)/t25-/m0/s1. The highest BCUT2D eigenvalue weighted by molar-refractivity contribution is 7.80. The van der Waals surface area contributed by atoms with E-state index < -0.39 is 0 Å². The number of hydrogen-bond donors (Lipinski definition) is 1. The van der Waals surface area contributed by atoms with Gasteiger partial charge in [0.05, 0.1) is 6.04 Å². The van der Waals surface area contributed by atoms with E-state index >= 15 is 0 Å². The molecular formula is C26H35N3S. The van der Waals surface area contributed by atoms with Gasteiger partial charge in [-0.3, -0.25) is 0 Å². The summed E-state index contributed by atoms with van der Waals surface area (Å²) in [7, 11) is 0. The number of aryl methyl sites for hydroxylation is 1. The number of hydrogen-bond acceptors (Lipinski definition) is 2. The van der Waals surface area contributed by atoms with E-state index in [9.17, 15) is 0 Å². The molecule has 2 heterocycles. The summed E-state index contributed by atoms with van der Waals surface area (Å²) in [5, 5.41) is 4.39. The number of benzene rings is 2. The van der Waals surface area contributed by atoms with E-state index in [1.54, 1.807) is 0 Å². The van der Waals surface area contributed by atoms with Gasteiger partial charge >= 0.3 is 0 Å². The number of piperidine rings is 1. The Morgan fingerprint density at radius 2 is 1.53 bits per heavy atom. The zero-order chi connectivity index (χ0) is 20.6. The molecule has 3 nitrogen and oxygen atoms in total. The quantitative estimate of drug-likeness (QED) is 0.474. The molecule has 2 fully saturated rings. The van der Waals surface area contributed by atoms with Crippen LogP contribution in [0.2, 0.25) is 0 Å². The van der Waals surface area contributed by atoms with E-state index in [2.05, 4.69) is 75.8 Å². The largest absolute Gasteiger partial charge is 0.360 e. The molecule has 0 amide bonds. The molecule has 4 rings (SSSR count). The molecule has 4 heteroatoms. The van der Waals surface area contributed by atoms with Gasteiger partial charge < -0.3 is 15.1 Å². The van der Waals surface area contributed by atoms with E-state index in [0.29, 0.717) is 6.04 Å². The number of unbranched alkanes of at least 4 members (excludes halogenated alkanes) is 1. The summed E-state index contributed by atoms with van der Waals surface area (Å²) in [6, 6.07) is 22.2. The van der Waals surface area contributed by atoms with Crippen molar-refractivity contribution in [2.24, 2.45) is 5.92 Å². The van der Waals surface area contributed by atoms with Gasteiger partial charge in [-0.15, -0.1) is 0 Å². The zero-order valence-corrected chi connectivity index (χ0v) is 18.8. The molecule has 0 spiro atoms. The molecule has 2 aromatic rings. The van der Waals surface area contributed by atoms with E-state index in [0.717, 1.165) is 30.5 Å². The second kappa shape index (κ2) is 10.9. The summed E-state index contributed by atoms with van der Waals surface area (Å²) in [6.45, 7) is 5.83. The van der Waals surface area contributed by atoms with Gasteiger partial charge in [0, 0.05) is 13.1 Å². The average Bonchev–Trinajstić information content (AvgIpc) is 3.13. The predicted molar refractivity (Wildman–Crippen MR) is 130 cm³/mol. The third-order valence-corrected chi connectivity index (χ3v) is 7.08. The third kappa shape index (κ3) is 6.05. The van der Waals surface area contributed by atoms with Crippen molar-refractivity contribution in [1.29, 1.82) is 0 Å². The van der Waals surface area contributed by atoms with Crippen molar-refractivity contribution >= 4 is 17.3 Å². The molecule has 2 aliphatic heterocycles. The molecule has 160 valence electrons. The minimum Gasteiger partial charge on any atom is -0.360 e. The lowest BCUT2D eigenvalue weighted by Gasteiger charge is -2.35. The monoisotopic (exact) mass is 421 g/mol. The second-order valence-corrected chi connectivity index (χ2v) is 9.30. The van der Waals surface area contributed by atoms with Gasteiger partial charge in [0.2, 0.25) is 0 Å². The van der Waals surface area contributed by atoms with Crippen LogP contribution in [-0.2, 0) is 12.8 Å². The van der Waals surface area contributed by atoms with Gasteiger partial charge in [-0.25, -0.2) is 0 Å². The number of thiocarbonyl (C=S) groups is 1. The lowest BCUT2D eigenvalue weighted by Crippen LogP contribution is -2.43. The van der Waals surface area contributed by atoms with Crippen LogP contribution in [-0.4, -0.2) is 53.7 Å². The van der Waals surface area contributed by atoms with Crippen LogP contribution in [0.1, 0.15) is 36.8 Å². The summed E-state index contributed by atoms with van der Waals surface area (Å²) >= 11 is 5.64. The SMILES string of the molecule is S=C1NC[C@H](Cc2ccccc2)N1CC1CCN(CCCCc2ccccc2)CC1. The van der Waals surface area contributed by atoms with Crippen LogP contribution in [0, 0.1) is 5.92 Å². The maximum absolute atomic E-state index is 5.64. The highest BCUT2D eigenvalue weighted by atomic mass is 32.1. The van der Waals surface area contributed by atoms with Crippen LogP contribution >= 0.6 is 12.2 Å². The summed E-state index contributed by atoms with van der Waals surface area (Å²) in [5.41, 5.74) is 2.88. The van der Waals surface area contributed by atoms with Crippen LogP contribution in [0.4, 0.5) is 0 Å². The summed E-state index contributed by atoms with van der Waals surface area (Å²) < 4.78 is 0. The summed E-state index contributed by atoms with van der Waals surface area (Å²) in [5.74, 6) is 0.765. The fourth-order valence-electron chi connectivity index (χ4n) is 4.86. The molecule has 0 bridgehead atoms.